The molecule has 0 aromatic heterocycles. The summed E-state index contributed by atoms with van der Waals surface area (Å²) < 4.78 is 13.4. The summed E-state index contributed by atoms with van der Waals surface area (Å²) in [6.45, 7) is 2.46. The molecule has 3 saturated heterocycles. The van der Waals surface area contributed by atoms with Crippen LogP contribution in [0, 0.1) is 0 Å². The summed E-state index contributed by atoms with van der Waals surface area (Å²) in [4.78, 5) is 38.1. The lowest BCUT2D eigenvalue weighted by atomic mass is 9.85. The predicted octanol–water partition coefficient (Wildman–Crippen LogP) is 1.19. The number of halogens is 1. The van der Waals surface area contributed by atoms with E-state index in [0.717, 1.165) is 12.8 Å². The van der Waals surface area contributed by atoms with Crippen LogP contribution in [0.1, 0.15) is 62.5 Å². The maximum atomic E-state index is 14.1. The van der Waals surface area contributed by atoms with Gasteiger partial charge < -0.3 is 31.5 Å². The van der Waals surface area contributed by atoms with Gasteiger partial charge in [0.15, 0.2) is 0 Å². The molecular weight excluding hydrogens is 494 g/mol. The standard InChI is InChI=1S/C29H33NO6.ClH/c31-26(32)15-16-27(33)36-29(21-9-3-1-4-10-21,22-11-5-2-6-12-22)28(34)35-25-19-23-13-14-24(20-25)30(23)17-7-8-18-30;/h1-6,9-12,23-25H,7-8,13-20H2;1H. The summed E-state index contributed by atoms with van der Waals surface area (Å²) in [6.07, 6.45) is 5.60. The van der Waals surface area contributed by atoms with Gasteiger partial charge in [-0.3, -0.25) is 9.59 Å². The minimum Gasteiger partial charge on any atom is -1.00 e. The maximum absolute atomic E-state index is 14.1. The zero-order chi connectivity index (χ0) is 25.2. The molecule has 2 atom stereocenters. The smallest absolute Gasteiger partial charge is 0.360 e. The lowest BCUT2D eigenvalue weighted by Gasteiger charge is -2.47. The van der Waals surface area contributed by atoms with E-state index in [9.17, 15) is 14.4 Å². The van der Waals surface area contributed by atoms with Crippen LogP contribution in [0.15, 0.2) is 60.7 Å². The van der Waals surface area contributed by atoms with Crippen molar-refractivity contribution in [3.05, 3.63) is 71.8 Å². The second kappa shape index (κ2) is 11.2. The molecule has 2 unspecified atom stereocenters. The predicted molar refractivity (Wildman–Crippen MR) is 132 cm³/mol. The molecule has 37 heavy (non-hydrogen) atoms. The van der Waals surface area contributed by atoms with Crippen molar-refractivity contribution < 1.29 is 45.9 Å². The molecule has 3 fully saturated rings. The van der Waals surface area contributed by atoms with Crippen LogP contribution >= 0.6 is 0 Å². The molecule has 1 N–H and O–H groups in total. The normalized spacial score (nSPS) is 23.7. The minimum absolute atomic E-state index is 0. The summed E-state index contributed by atoms with van der Waals surface area (Å²) in [5.74, 6) is -2.48. The molecule has 3 aliphatic rings. The van der Waals surface area contributed by atoms with Crippen molar-refractivity contribution in [2.75, 3.05) is 13.1 Å². The average Bonchev–Trinajstić information content (AvgIpc) is 3.43. The van der Waals surface area contributed by atoms with Crippen LogP contribution in [-0.2, 0) is 29.5 Å². The van der Waals surface area contributed by atoms with Gasteiger partial charge in [-0.05, 0) is 0 Å². The fourth-order valence-corrected chi connectivity index (χ4v) is 6.88. The number of carbonyl (C=O) groups is 3. The highest BCUT2D eigenvalue weighted by molar-refractivity contribution is 5.89. The number of carbonyl (C=O) groups excluding carboxylic acids is 2. The topological polar surface area (TPSA) is 89.9 Å². The largest absolute Gasteiger partial charge is 1.00 e. The van der Waals surface area contributed by atoms with Gasteiger partial charge in [-0.2, -0.15) is 0 Å². The Morgan fingerprint density at radius 1 is 0.838 bits per heavy atom. The zero-order valence-electron chi connectivity index (χ0n) is 20.9. The molecule has 7 nitrogen and oxygen atoms in total. The molecule has 8 heteroatoms. The number of rotatable bonds is 8. The van der Waals surface area contributed by atoms with Crippen LogP contribution in [0.2, 0.25) is 0 Å². The first-order valence-corrected chi connectivity index (χ1v) is 13.1. The third kappa shape index (κ3) is 5.12. The van der Waals surface area contributed by atoms with Crippen LogP contribution < -0.4 is 12.4 Å². The number of nitrogens with zero attached hydrogens (tertiary/aromatic N) is 1. The molecule has 3 aliphatic heterocycles. The molecule has 0 aliphatic carbocycles. The second-order valence-corrected chi connectivity index (χ2v) is 10.4. The molecule has 2 bridgehead atoms. The van der Waals surface area contributed by atoms with Crippen molar-refractivity contribution in [1.29, 1.82) is 0 Å². The first-order valence-electron chi connectivity index (χ1n) is 13.1. The molecule has 0 radical (unpaired) electrons. The lowest BCUT2D eigenvalue weighted by Crippen LogP contribution is -3.00. The fraction of sp³-hybridized carbons (Fsp3) is 0.483. The van der Waals surface area contributed by atoms with E-state index in [4.69, 9.17) is 14.6 Å². The number of carboxylic acids is 1. The number of hydrogen-bond donors (Lipinski definition) is 1. The van der Waals surface area contributed by atoms with E-state index in [0.29, 0.717) is 23.2 Å². The lowest BCUT2D eigenvalue weighted by molar-refractivity contribution is -0.956. The van der Waals surface area contributed by atoms with Crippen LogP contribution in [0.25, 0.3) is 0 Å². The maximum Gasteiger partial charge on any atom is 0.360 e. The Morgan fingerprint density at radius 3 is 1.84 bits per heavy atom. The van der Waals surface area contributed by atoms with E-state index >= 15 is 0 Å². The van der Waals surface area contributed by atoms with Gasteiger partial charge in [0.2, 0.25) is 0 Å². The van der Waals surface area contributed by atoms with Crippen LogP contribution in [0.3, 0.4) is 0 Å². The number of quaternary nitrogens is 1. The molecule has 2 aromatic carbocycles. The van der Waals surface area contributed by atoms with E-state index in [1.54, 1.807) is 48.5 Å². The van der Waals surface area contributed by atoms with E-state index in [2.05, 4.69) is 0 Å². The molecular formula is C29H34ClNO6. The summed E-state index contributed by atoms with van der Waals surface area (Å²) in [5.41, 5.74) is -0.854. The van der Waals surface area contributed by atoms with Crippen molar-refractivity contribution in [1.82, 2.24) is 0 Å². The number of carboxylic acid groups (broad SMARTS) is 1. The van der Waals surface area contributed by atoms with Gasteiger partial charge in [-0.15, -0.1) is 0 Å². The van der Waals surface area contributed by atoms with Crippen LogP contribution in [-0.4, -0.2) is 58.8 Å². The third-order valence-electron chi connectivity index (χ3n) is 8.49. The Balaban J connectivity index is 0.00000320. The average molecular weight is 528 g/mol. The molecule has 5 rings (SSSR count). The molecule has 198 valence electrons. The molecule has 2 aromatic rings. The first-order chi connectivity index (χ1) is 17.4. The highest BCUT2D eigenvalue weighted by atomic mass is 35.5. The van der Waals surface area contributed by atoms with Gasteiger partial charge in [0.05, 0.1) is 38.0 Å². The number of benzene rings is 2. The Morgan fingerprint density at radius 2 is 1.35 bits per heavy atom. The van der Waals surface area contributed by atoms with Gasteiger partial charge in [0, 0.05) is 49.7 Å². The van der Waals surface area contributed by atoms with Crippen molar-refractivity contribution in [3.63, 3.8) is 0 Å². The van der Waals surface area contributed by atoms with E-state index < -0.39 is 23.5 Å². The Kier molecular flexibility index (Phi) is 8.24. The summed E-state index contributed by atoms with van der Waals surface area (Å²) in [6, 6.07) is 18.8. The zero-order valence-corrected chi connectivity index (χ0v) is 21.6. The Labute approximate surface area is 223 Å². The first kappa shape index (κ1) is 27.1. The van der Waals surface area contributed by atoms with E-state index in [1.807, 2.05) is 12.1 Å². The number of esters is 2. The minimum atomic E-state index is -1.81. The van der Waals surface area contributed by atoms with Gasteiger partial charge in [0.1, 0.15) is 6.10 Å². The summed E-state index contributed by atoms with van der Waals surface area (Å²) in [5, 5.41) is 9.06. The quantitative estimate of drug-likeness (QED) is 0.410. The fourth-order valence-electron chi connectivity index (χ4n) is 6.88. The van der Waals surface area contributed by atoms with E-state index in [-0.39, 0.29) is 31.4 Å². The van der Waals surface area contributed by atoms with Crippen molar-refractivity contribution in [2.24, 2.45) is 0 Å². The molecule has 3 heterocycles. The van der Waals surface area contributed by atoms with Crippen LogP contribution in [0.5, 0.6) is 0 Å². The Hall–Kier alpha value is -2.90. The monoisotopic (exact) mass is 527 g/mol. The van der Waals surface area contributed by atoms with Crippen molar-refractivity contribution >= 4 is 17.9 Å². The Bertz CT molecular complexity index is 1050. The summed E-state index contributed by atoms with van der Waals surface area (Å²) >= 11 is 0. The van der Waals surface area contributed by atoms with Gasteiger partial charge in [0.25, 0.3) is 5.60 Å². The van der Waals surface area contributed by atoms with Gasteiger partial charge in [-0.1, -0.05) is 60.7 Å². The van der Waals surface area contributed by atoms with Gasteiger partial charge in [-0.25, -0.2) is 4.79 Å². The highest BCUT2D eigenvalue weighted by Gasteiger charge is 2.57. The van der Waals surface area contributed by atoms with Crippen LogP contribution in [0.4, 0.5) is 0 Å². The molecule has 0 saturated carbocycles. The van der Waals surface area contributed by atoms with Crippen molar-refractivity contribution in [3.8, 4) is 0 Å². The van der Waals surface area contributed by atoms with Gasteiger partial charge >= 0.3 is 17.9 Å². The summed E-state index contributed by atoms with van der Waals surface area (Å²) in [7, 11) is 0. The second-order valence-electron chi connectivity index (χ2n) is 10.4. The molecule has 0 amide bonds. The number of aliphatic carboxylic acids is 1. The SMILES string of the molecule is O=C(O)CCC(=O)OC(C(=O)OC1CC2CCC(C1)[N+]21CCCC1)(c1ccccc1)c1ccccc1.[Cl-]. The molecule has 1 spiro atoms. The number of piperidine rings is 1. The third-order valence-corrected chi connectivity index (χ3v) is 8.49. The number of ether oxygens (including phenoxy) is 2. The highest BCUT2D eigenvalue weighted by Crippen LogP contribution is 2.47. The van der Waals surface area contributed by atoms with Crippen molar-refractivity contribution in [2.45, 2.75) is 75.2 Å². The van der Waals surface area contributed by atoms with E-state index in [1.165, 1.54) is 43.3 Å². The number of hydrogen-bond acceptors (Lipinski definition) is 5.